The number of hydrogen-bond acceptors (Lipinski definition) is 4. The maximum atomic E-state index is 13.9. The van der Waals surface area contributed by atoms with Crippen molar-refractivity contribution in [2.75, 3.05) is 6.61 Å². The Hall–Kier alpha value is -2.87. The molecule has 0 heterocycles. The zero-order chi connectivity index (χ0) is 27.2. The van der Waals surface area contributed by atoms with Crippen molar-refractivity contribution in [1.29, 1.82) is 5.26 Å². The molecule has 38 heavy (non-hydrogen) atoms. The predicted molar refractivity (Wildman–Crippen MR) is 151 cm³/mol. The van der Waals surface area contributed by atoms with Gasteiger partial charge in [0.05, 0.1) is 12.2 Å². The van der Waals surface area contributed by atoms with E-state index in [2.05, 4.69) is 37.3 Å². The number of hydrogen-bond donors (Lipinski definition) is 0. The van der Waals surface area contributed by atoms with Crippen LogP contribution in [-0.2, 0) is 9.53 Å². The molecule has 2 aromatic rings. The first-order chi connectivity index (χ1) is 18.5. The maximum Gasteiger partial charge on any atom is 0.340 e. The van der Waals surface area contributed by atoms with Crippen LogP contribution in [0.2, 0.25) is 0 Å². The van der Waals surface area contributed by atoms with Gasteiger partial charge in [-0.2, -0.15) is 5.26 Å². The predicted octanol–water partition coefficient (Wildman–Crippen LogP) is 9.06. The quantitative estimate of drug-likeness (QED) is 0.173. The van der Waals surface area contributed by atoms with E-state index in [1.54, 1.807) is 0 Å². The molecule has 0 unspecified atom stereocenters. The molecule has 0 bridgehead atoms. The van der Waals surface area contributed by atoms with Gasteiger partial charge in [0.1, 0.15) is 17.9 Å². The van der Waals surface area contributed by atoms with Crippen LogP contribution in [0.15, 0.2) is 42.5 Å². The first kappa shape index (κ1) is 29.7. The molecule has 3 rings (SSSR count). The lowest BCUT2D eigenvalue weighted by atomic mass is 9.82. The van der Waals surface area contributed by atoms with Crippen LogP contribution < -0.4 is 4.74 Å². The summed E-state index contributed by atoms with van der Waals surface area (Å²) in [7, 11) is 0. The van der Waals surface area contributed by atoms with Crippen LogP contribution in [0.5, 0.6) is 5.75 Å². The molecule has 0 saturated heterocycles. The Morgan fingerprint density at radius 2 is 1.58 bits per heavy atom. The zero-order valence-corrected chi connectivity index (χ0v) is 23.2. The Labute approximate surface area is 228 Å². The third kappa shape index (κ3) is 9.15. The normalized spacial score (nSPS) is 17.9. The van der Waals surface area contributed by atoms with Crippen molar-refractivity contribution >= 4 is 5.97 Å². The summed E-state index contributed by atoms with van der Waals surface area (Å²) in [5.74, 6) is 0.373. The SMILES string of the molecule is CCCCCCCCOc1ccc(-c2ccc(C3CCC(OC(=O)[C@@H](F)CCCC)CC3)cc2)cc1C#N. The molecule has 0 N–H and O–H groups in total. The second kappa shape index (κ2) is 16.2. The number of nitriles is 1. The van der Waals surface area contributed by atoms with E-state index in [9.17, 15) is 14.4 Å². The molecule has 0 aliphatic heterocycles. The fourth-order valence-corrected chi connectivity index (χ4v) is 5.19. The summed E-state index contributed by atoms with van der Waals surface area (Å²) in [6.07, 6.45) is 10.8. The maximum absolute atomic E-state index is 13.9. The molecule has 0 aromatic heterocycles. The molecule has 2 aromatic carbocycles. The molecule has 0 amide bonds. The number of rotatable bonds is 15. The molecular formula is C33H44FNO3. The van der Waals surface area contributed by atoms with E-state index in [1.807, 2.05) is 25.1 Å². The number of carbonyl (C=O) groups is 1. The number of halogens is 1. The standard InChI is InChI=1S/C33H44FNO3/c1-3-5-7-8-9-10-22-37-32-21-18-28(23-29(32)24-35)27-14-12-25(13-15-27)26-16-19-30(20-17-26)38-33(36)31(34)11-6-4-2/h12-15,18,21,23,26,30-31H,3-11,16-17,19-20,22H2,1-2H3/t26?,30?,31-/m0/s1. The summed E-state index contributed by atoms with van der Waals surface area (Å²) in [5.41, 5.74) is 3.90. The first-order valence-corrected chi connectivity index (χ1v) is 14.7. The fraction of sp³-hybridized carbons (Fsp3) is 0.576. The molecule has 1 saturated carbocycles. The first-order valence-electron chi connectivity index (χ1n) is 14.7. The van der Waals surface area contributed by atoms with E-state index in [1.165, 1.54) is 31.2 Å². The highest BCUT2D eigenvalue weighted by Gasteiger charge is 2.27. The lowest BCUT2D eigenvalue weighted by molar-refractivity contribution is -0.157. The largest absolute Gasteiger partial charge is 0.492 e. The van der Waals surface area contributed by atoms with Gasteiger partial charge in [-0.05, 0) is 73.3 Å². The molecule has 0 spiro atoms. The van der Waals surface area contributed by atoms with Crippen LogP contribution in [0.4, 0.5) is 4.39 Å². The van der Waals surface area contributed by atoms with Crippen molar-refractivity contribution in [2.45, 2.75) is 116 Å². The van der Waals surface area contributed by atoms with E-state index in [0.29, 0.717) is 30.3 Å². The van der Waals surface area contributed by atoms with Crippen LogP contribution in [0.3, 0.4) is 0 Å². The monoisotopic (exact) mass is 521 g/mol. The van der Waals surface area contributed by atoms with Crippen LogP contribution in [0, 0.1) is 11.3 Å². The van der Waals surface area contributed by atoms with Gasteiger partial charge in [0.2, 0.25) is 0 Å². The average Bonchev–Trinajstić information content (AvgIpc) is 2.96. The molecular weight excluding hydrogens is 477 g/mol. The Morgan fingerprint density at radius 1 is 0.921 bits per heavy atom. The number of benzene rings is 2. The summed E-state index contributed by atoms with van der Waals surface area (Å²) in [5, 5.41) is 9.67. The number of nitrogens with zero attached hydrogens (tertiary/aromatic N) is 1. The summed E-state index contributed by atoms with van der Waals surface area (Å²) in [6, 6.07) is 16.6. The van der Waals surface area contributed by atoms with Crippen LogP contribution in [-0.4, -0.2) is 24.9 Å². The number of ether oxygens (including phenoxy) is 2. The fourth-order valence-electron chi connectivity index (χ4n) is 5.19. The highest BCUT2D eigenvalue weighted by molar-refractivity contribution is 5.74. The van der Waals surface area contributed by atoms with Gasteiger partial charge < -0.3 is 9.47 Å². The Balaban J connectivity index is 1.49. The summed E-state index contributed by atoms with van der Waals surface area (Å²) in [6.45, 7) is 4.85. The molecule has 4 nitrogen and oxygen atoms in total. The highest BCUT2D eigenvalue weighted by Crippen LogP contribution is 2.35. The van der Waals surface area contributed by atoms with Crippen LogP contribution in [0.25, 0.3) is 11.1 Å². The van der Waals surface area contributed by atoms with Crippen molar-refractivity contribution < 1.29 is 18.7 Å². The van der Waals surface area contributed by atoms with Crippen molar-refractivity contribution in [2.24, 2.45) is 0 Å². The van der Waals surface area contributed by atoms with E-state index in [0.717, 1.165) is 56.1 Å². The number of unbranched alkanes of at least 4 members (excludes halogenated alkanes) is 6. The minimum absolute atomic E-state index is 0.177. The Kier molecular flexibility index (Phi) is 12.6. The highest BCUT2D eigenvalue weighted by atomic mass is 19.1. The van der Waals surface area contributed by atoms with Gasteiger partial charge in [-0.25, -0.2) is 9.18 Å². The zero-order valence-electron chi connectivity index (χ0n) is 23.2. The molecule has 1 fully saturated rings. The van der Waals surface area contributed by atoms with E-state index in [-0.39, 0.29) is 12.5 Å². The van der Waals surface area contributed by atoms with Crippen molar-refractivity contribution in [3.8, 4) is 22.9 Å². The van der Waals surface area contributed by atoms with Crippen LogP contribution >= 0.6 is 0 Å². The molecule has 1 aliphatic carbocycles. The minimum atomic E-state index is -1.50. The topological polar surface area (TPSA) is 59.3 Å². The van der Waals surface area contributed by atoms with E-state index < -0.39 is 12.1 Å². The number of carbonyl (C=O) groups excluding carboxylic acids is 1. The smallest absolute Gasteiger partial charge is 0.340 e. The van der Waals surface area contributed by atoms with Gasteiger partial charge in [-0.15, -0.1) is 0 Å². The van der Waals surface area contributed by atoms with Gasteiger partial charge in [-0.3, -0.25) is 0 Å². The van der Waals surface area contributed by atoms with Crippen molar-refractivity contribution in [3.05, 3.63) is 53.6 Å². The second-order valence-corrected chi connectivity index (χ2v) is 10.6. The number of esters is 1. The van der Waals surface area contributed by atoms with Crippen molar-refractivity contribution in [1.82, 2.24) is 0 Å². The van der Waals surface area contributed by atoms with Crippen molar-refractivity contribution in [3.63, 3.8) is 0 Å². The molecule has 1 atom stereocenters. The van der Waals surface area contributed by atoms with Gasteiger partial charge >= 0.3 is 5.97 Å². The minimum Gasteiger partial charge on any atom is -0.492 e. The van der Waals surface area contributed by atoms with Gasteiger partial charge in [0, 0.05) is 0 Å². The number of alkyl halides is 1. The lowest BCUT2D eigenvalue weighted by Crippen LogP contribution is -2.28. The lowest BCUT2D eigenvalue weighted by Gasteiger charge is -2.29. The summed E-state index contributed by atoms with van der Waals surface area (Å²) < 4.78 is 25.3. The summed E-state index contributed by atoms with van der Waals surface area (Å²) >= 11 is 0. The van der Waals surface area contributed by atoms with Gasteiger partial charge in [0.25, 0.3) is 0 Å². The van der Waals surface area contributed by atoms with Gasteiger partial charge in [0.15, 0.2) is 6.17 Å². The third-order valence-electron chi connectivity index (χ3n) is 7.59. The van der Waals surface area contributed by atoms with Gasteiger partial charge in [-0.1, -0.05) is 89.1 Å². The summed E-state index contributed by atoms with van der Waals surface area (Å²) in [4.78, 5) is 12.0. The molecule has 5 heteroatoms. The molecule has 206 valence electrons. The average molecular weight is 522 g/mol. The van der Waals surface area contributed by atoms with Crippen LogP contribution in [0.1, 0.15) is 114 Å². The molecule has 1 aliphatic rings. The van der Waals surface area contributed by atoms with E-state index >= 15 is 0 Å². The third-order valence-corrected chi connectivity index (χ3v) is 7.59. The molecule has 0 radical (unpaired) electrons. The Bertz CT molecular complexity index is 1020. The Morgan fingerprint density at radius 3 is 2.26 bits per heavy atom. The second-order valence-electron chi connectivity index (χ2n) is 10.6. The van der Waals surface area contributed by atoms with E-state index in [4.69, 9.17) is 9.47 Å².